The zero-order valence-electron chi connectivity index (χ0n) is 11.2. The van der Waals surface area contributed by atoms with E-state index in [1.807, 2.05) is 6.92 Å². The van der Waals surface area contributed by atoms with Crippen LogP contribution < -0.4 is 10.6 Å². The van der Waals surface area contributed by atoms with Gasteiger partial charge >= 0.3 is 5.97 Å². The first-order valence-electron chi connectivity index (χ1n) is 6.78. The summed E-state index contributed by atoms with van der Waals surface area (Å²) >= 11 is 0. The summed E-state index contributed by atoms with van der Waals surface area (Å²) in [5, 5.41) is 14.9. The molecule has 1 saturated heterocycles. The quantitative estimate of drug-likeness (QED) is 0.666. The van der Waals surface area contributed by atoms with E-state index >= 15 is 0 Å². The first kappa shape index (κ1) is 15.0. The summed E-state index contributed by atoms with van der Waals surface area (Å²) in [5.74, 6) is -0.369. The van der Waals surface area contributed by atoms with Crippen LogP contribution in [0, 0.1) is 5.92 Å². The van der Waals surface area contributed by atoms with Crippen LogP contribution in [-0.4, -0.2) is 35.6 Å². The van der Waals surface area contributed by atoms with Crippen molar-refractivity contribution in [3.05, 3.63) is 0 Å². The zero-order valence-corrected chi connectivity index (χ0v) is 11.2. The van der Waals surface area contributed by atoms with E-state index in [1.54, 1.807) is 0 Å². The highest BCUT2D eigenvalue weighted by molar-refractivity contribution is 5.82. The van der Waals surface area contributed by atoms with Gasteiger partial charge in [0.15, 0.2) is 0 Å². The maximum atomic E-state index is 12.0. The van der Waals surface area contributed by atoms with Crippen molar-refractivity contribution in [2.24, 2.45) is 5.92 Å². The van der Waals surface area contributed by atoms with Gasteiger partial charge in [0.25, 0.3) is 0 Å². The Kier molecular flexibility index (Phi) is 6.12. The average molecular weight is 256 g/mol. The highest BCUT2D eigenvalue weighted by Crippen LogP contribution is 2.15. The molecule has 5 heteroatoms. The van der Waals surface area contributed by atoms with Crippen LogP contribution in [0.15, 0.2) is 0 Å². The second kappa shape index (κ2) is 7.36. The van der Waals surface area contributed by atoms with Crippen molar-refractivity contribution in [1.29, 1.82) is 0 Å². The standard InChI is InChI=1S/C13H24N2O3/c1-3-4-10(8-12(16)17)15-13(18)11-7-9(2)5-6-14-11/h9-11,14H,3-8H2,1-2H3,(H,15,18)(H,16,17). The maximum absolute atomic E-state index is 12.0. The number of piperidine rings is 1. The van der Waals surface area contributed by atoms with E-state index in [0.29, 0.717) is 12.3 Å². The number of carboxylic acid groups (broad SMARTS) is 1. The van der Waals surface area contributed by atoms with Crippen LogP contribution in [0.2, 0.25) is 0 Å². The summed E-state index contributed by atoms with van der Waals surface area (Å²) in [6, 6.07) is -0.416. The van der Waals surface area contributed by atoms with Crippen molar-refractivity contribution in [3.8, 4) is 0 Å². The molecule has 18 heavy (non-hydrogen) atoms. The fourth-order valence-corrected chi connectivity index (χ4v) is 2.39. The molecule has 0 aromatic heterocycles. The molecular weight excluding hydrogens is 232 g/mol. The summed E-state index contributed by atoms with van der Waals surface area (Å²) in [4.78, 5) is 22.8. The van der Waals surface area contributed by atoms with Gasteiger partial charge in [-0.25, -0.2) is 0 Å². The smallest absolute Gasteiger partial charge is 0.305 e. The largest absolute Gasteiger partial charge is 0.481 e. The highest BCUT2D eigenvalue weighted by atomic mass is 16.4. The maximum Gasteiger partial charge on any atom is 0.305 e. The monoisotopic (exact) mass is 256 g/mol. The van der Waals surface area contributed by atoms with Crippen molar-refractivity contribution in [2.75, 3.05) is 6.54 Å². The lowest BCUT2D eigenvalue weighted by Gasteiger charge is -2.28. The normalized spacial score (nSPS) is 25.4. The molecule has 104 valence electrons. The molecule has 1 aliphatic rings. The van der Waals surface area contributed by atoms with Crippen molar-refractivity contribution in [1.82, 2.24) is 10.6 Å². The van der Waals surface area contributed by atoms with E-state index in [4.69, 9.17) is 5.11 Å². The highest BCUT2D eigenvalue weighted by Gasteiger charge is 2.26. The second-order valence-electron chi connectivity index (χ2n) is 5.23. The third-order valence-electron chi connectivity index (χ3n) is 3.39. The van der Waals surface area contributed by atoms with E-state index in [1.165, 1.54) is 0 Å². The molecule has 5 nitrogen and oxygen atoms in total. The summed E-state index contributed by atoms with van der Waals surface area (Å²) in [6.07, 6.45) is 3.50. The Morgan fingerprint density at radius 1 is 1.50 bits per heavy atom. The predicted molar refractivity (Wildman–Crippen MR) is 69.3 cm³/mol. The molecule has 0 radical (unpaired) electrons. The number of hydrogen-bond acceptors (Lipinski definition) is 3. The summed E-state index contributed by atoms with van der Waals surface area (Å²) in [5.41, 5.74) is 0. The van der Waals surface area contributed by atoms with E-state index < -0.39 is 5.97 Å². The molecule has 1 rings (SSSR count). The van der Waals surface area contributed by atoms with Gasteiger partial charge in [-0.1, -0.05) is 20.3 Å². The Hall–Kier alpha value is -1.10. The van der Waals surface area contributed by atoms with Gasteiger partial charge in [0, 0.05) is 6.04 Å². The Bertz CT molecular complexity index is 294. The fourth-order valence-electron chi connectivity index (χ4n) is 2.39. The number of amides is 1. The van der Waals surface area contributed by atoms with Gasteiger partial charge in [0.1, 0.15) is 0 Å². The molecule has 3 atom stereocenters. The van der Waals surface area contributed by atoms with E-state index in [9.17, 15) is 9.59 Å². The number of carboxylic acids is 1. The number of carbonyl (C=O) groups is 2. The predicted octanol–water partition coefficient (Wildman–Crippen LogP) is 1.13. The van der Waals surface area contributed by atoms with Crippen LogP contribution in [-0.2, 0) is 9.59 Å². The first-order valence-corrected chi connectivity index (χ1v) is 6.78. The lowest BCUT2D eigenvalue weighted by Crippen LogP contribution is -2.51. The van der Waals surface area contributed by atoms with Crippen LogP contribution in [0.4, 0.5) is 0 Å². The van der Waals surface area contributed by atoms with Gasteiger partial charge in [-0.3, -0.25) is 9.59 Å². The minimum absolute atomic E-state index is 0.00184. The van der Waals surface area contributed by atoms with Gasteiger partial charge in [0.05, 0.1) is 12.5 Å². The summed E-state index contributed by atoms with van der Waals surface area (Å²) in [6.45, 7) is 4.99. The lowest BCUT2D eigenvalue weighted by atomic mass is 9.93. The average Bonchev–Trinajstić information content (AvgIpc) is 2.28. The molecular formula is C13H24N2O3. The van der Waals surface area contributed by atoms with Crippen LogP contribution in [0.1, 0.15) is 46.0 Å². The Morgan fingerprint density at radius 2 is 2.22 bits per heavy atom. The minimum Gasteiger partial charge on any atom is -0.481 e. The Labute approximate surface area is 108 Å². The third-order valence-corrected chi connectivity index (χ3v) is 3.39. The van der Waals surface area contributed by atoms with Gasteiger partial charge < -0.3 is 15.7 Å². The second-order valence-corrected chi connectivity index (χ2v) is 5.23. The number of carbonyl (C=O) groups excluding carboxylic acids is 1. The van der Waals surface area contributed by atoms with Crippen LogP contribution in [0.25, 0.3) is 0 Å². The number of rotatable bonds is 6. The van der Waals surface area contributed by atoms with Crippen molar-refractivity contribution in [2.45, 2.75) is 58.0 Å². The molecule has 0 spiro atoms. The fraction of sp³-hybridized carbons (Fsp3) is 0.846. The molecule has 1 heterocycles. The van der Waals surface area contributed by atoms with Crippen molar-refractivity contribution < 1.29 is 14.7 Å². The molecule has 0 saturated carbocycles. The van der Waals surface area contributed by atoms with Crippen LogP contribution in [0.5, 0.6) is 0 Å². The molecule has 1 aliphatic heterocycles. The minimum atomic E-state index is -0.862. The molecule has 3 N–H and O–H groups in total. The SMILES string of the molecule is CCCC(CC(=O)O)NC(=O)C1CC(C)CCN1. The van der Waals surface area contributed by atoms with Crippen LogP contribution >= 0.6 is 0 Å². The van der Waals surface area contributed by atoms with E-state index in [0.717, 1.165) is 25.8 Å². The molecule has 0 bridgehead atoms. The first-order chi connectivity index (χ1) is 8.52. The zero-order chi connectivity index (χ0) is 13.5. The molecule has 0 aromatic rings. The third kappa shape index (κ3) is 5.04. The summed E-state index contributed by atoms with van der Waals surface area (Å²) < 4.78 is 0. The topological polar surface area (TPSA) is 78.4 Å². The van der Waals surface area contributed by atoms with Gasteiger partial charge in [-0.15, -0.1) is 0 Å². The Balaban J connectivity index is 2.46. The molecule has 3 unspecified atom stereocenters. The van der Waals surface area contributed by atoms with Gasteiger partial charge in [0.2, 0.25) is 5.91 Å². The number of nitrogens with one attached hydrogen (secondary N) is 2. The molecule has 1 amide bonds. The van der Waals surface area contributed by atoms with Crippen molar-refractivity contribution >= 4 is 11.9 Å². The van der Waals surface area contributed by atoms with Crippen LogP contribution in [0.3, 0.4) is 0 Å². The van der Waals surface area contributed by atoms with Crippen molar-refractivity contribution in [3.63, 3.8) is 0 Å². The van der Waals surface area contributed by atoms with Gasteiger partial charge in [-0.2, -0.15) is 0 Å². The van der Waals surface area contributed by atoms with E-state index in [2.05, 4.69) is 17.6 Å². The lowest BCUT2D eigenvalue weighted by molar-refractivity contribution is -0.137. The van der Waals surface area contributed by atoms with Gasteiger partial charge in [-0.05, 0) is 31.7 Å². The molecule has 1 fully saturated rings. The number of hydrogen-bond donors (Lipinski definition) is 3. The Morgan fingerprint density at radius 3 is 2.78 bits per heavy atom. The molecule has 0 aliphatic carbocycles. The van der Waals surface area contributed by atoms with E-state index in [-0.39, 0.29) is 24.4 Å². The molecule has 0 aromatic carbocycles. The summed E-state index contributed by atoms with van der Waals surface area (Å²) in [7, 11) is 0. The number of aliphatic carboxylic acids is 1.